The second-order valence-corrected chi connectivity index (χ2v) is 4.61. The second kappa shape index (κ2) is 3.09. The summed E-state index contributed by atoms with van der Waals surface area (Å²) in [4.78, 5) is 0. The van der Waals surface area contributed by atoms with Gasteiger partial charge in [0, 0.05) is 33.0 Å². The van der Waals surface area contributed by atoms with Crippen LogP contribution < -0.4 is 0 Å². The number of rotatable bonds is 1. The van der Waals surface area contributed by atoms with Crippen molar-refractivity contribution in [3.63, 3.8) is 0 Å². The van der Waals surface area contributed by atoms with E-state index >= 15 is 0 Å². The summed E-state index contributed by atoms with van der Waals surface area (Å²) in [7, 11) is 0. The van der Waals surface area contributed by atoms with E-state index in [1.807, 2.05) is 0 Å². The van der Waals surface area contributed by atoms with Gasteiger partial charge in [0.25, 0.3) is 0 Å². The van der Waals surface area contributed by atoms with Gasteiger partial charge < -0.3 is 4.55 Å². The summed E-state index contributed by atoms with van der Waals surface area (Å²) in [6, 6.07) is 0. The summed E-state index contributed by atoms with van der Waals surface area (Å²) in [5.74, 6) is 0. The van der Waals surface area contributed by atoms with Crippen LogP contribution in [0.4, 0.5) is 0 Å². The molecular formula is C4H9BrNO2S-. The highest BCUT2D eigenvalue weighted by Crippen LogP contribution is 2.18. The predicted octanol–water partition coefficient (Wildman–Crippen LogP) is 1.19. The van der Waals surface area contributed by atoms with Crippen molar-refractivity contribution in [3.05, 3.63) is 0 Å². The molecule has 0 fully saturated rings. The van der Waals surface area contributed by atoms with Crippen LogP contribution in [0.2, 0.25) is 0 Å². The van der Waals surface area contributed by atoms with E-state index in [4.69, 9.17) is 0 Å². The van der Waals surface area contributed by atoms with E-state index in [9.17, 15) is 8.76 Å². The number of hydrogen-bond donors (Lipinski definition) is 0. The maximum absolute atomic E-state index is 10.2. The molecule has 0 amide bonds. The molecule has 9 heavy (non-hydrogen) atoms. The van der Waals surface area contributed by atoms with Crippen LogP contribution in [0.15, 0.2) is 0 Å². The minimum Gasteiger partial charge on any atom is -0.759 e. The average molecular weight is 215 g/mol. The smallest absolute Gasteiger partial charge is 0.0357 e. The topological polar surface area (TPSA) is 43.4 Å². The molecule has 5 heteroatoms. The average Bonchev–Trinajstić information content (AvgIpc) is 1.62. The molecule has 0 aromatic heterocycles. The zero-order valence-corrected chi connectivity index (χ0v) is 7.95. The highest BCUT2D eigenvalue weighted by molar-refractivity contribution is 9.08. The van der Waals surface area contributed by atoms with Gasteiger partial charge in [-0.15, -0.1) is 0 Å². The first-order valence-electron chi connectivity index (χ1n) is 2.41. The summed E-state index contributed by atoms with van der Waals surface area (Å²) in [6.45, 7) is 5.37. The third kappa shape index (κ3) is 3.30. The Morgan fingerprint density at radius 1 is 1.56 bits per heavy atom. The van der Waals surface area contributed by atoms with Gasteiger partial charge >= 0.3 is 0 Å². The Kier molecular flexibility index (Phi) is 3.28. The molecule has 0 radical (unpaired) electrons. The zero-order chi connectivity index (χ0) is 7.65. The van der Waals surface area contributed by atoms with E-state index in [1.165, 1.54) is 0 Å². The van der Waals surface area contributed by atoms with Gasteiger partial charge in [-0.25, -0.2) is 0 Å². The van der Waals surface area contributed by atoms with Gasteiger partial charge in [-0.2, -0.15) is 3.33 Å². The van der Waals surface area contributed by atoms with Crippen LogP contribution in [0.25, 0.3) is 0 Å². The lowest BCUT2D eigenvalue weighted by Gasteiger charge is -2.29. The lowest BCUT2D eigenvalue weighted by Crippen LogP contribution is -2.34. The minimum absolute atomic E-state index is 0.382. The van der Waals surface area contributed by atoms with Gasteiger partial charge in [0.2, 0.25) is 0 Å². The third-order valence-electron chi connectivity index (χ3n) is 0.658. The molecule has 0 N–H and O–H groups in total. The van der Waals surface area contributed by atoms with Crippen LogP contribution in [0.1, 0.15) is 20.8 Å². The lowest BCUT2D eigenvalue weighted by atomic mass is 10.1. The fourth-order valence-electron chi connectivity index (χ4n) is 0.224. The highest BCUT2D eigenvalue weighted by Gasteiger charge is 2.18. The Hall–Kier alpha value is 0.550. The SMILES string of the molecule is CC(C)(C)N(Br)S(=O)[O-]. The fourth-order valence-corrected chi connectivity index (χ4v) is 0.671. The minimum atomic E-state index is -2.18. The van der Waals surface area contributed by atoms with E-state index in [0.29, 0.717) is 0 Å². The molecule has 0 aromatic carbocycles. The molecule has 0 heterocycles. The van der Waals surface area contributed by atoms with E-state index < -0.39 is 11.3 Å². The van der Waals surface area contributed by atoms with Gasteiger partial charge in [0.05, 0.1) is 0 Å². The standard InChI is InChI=1S/C4H10BrNO2S/c1-4(2,3)6(5)9(7)8/h1-3H3,(H,7,8)/p-1. The van der Waals surface area contributed by atoms with Gasteiger partial charge in [-0.1, -0.05) is 0 Å². The van der Waals surface area contributed by atoms with Crippen molar-refractivity contribution < 1.29 is 8.76 Å². The highest BCUT2D eigenvalue weighted by atomic mass is 79.9. The van der Waals surface area contributed by atoms with Crippen molar-refractivity contribution in [1.82, 2.24) is 3.33 Å². The van der Waals surface area contributed by atoms with Crippen LogP contribution in [0.5, 0.6) is 0 Å². The Balaban J connectivity index is 4.04. The molecule has 1 unspecified atom stereocenters. The monoisotopic (exact) mass is 214 g/mol. The molecule has 0 saturated heterocycles. The van der Waals surface area contributed by atoms with E-state index in [0.717, 1.165) is 3.33 Å². The first-order chi connectivity index (χ1) is 3.85. The molecule has 0 aliphatic heterocycles. The first kappa shape index (κ1) is 9.55. The van der Waals surface area contributed by atoms with E-state index in [-0.39, 0.29) is 5.54 Å². The quantitative estimate of drug-likeness (QED) is 0.487. The van der Waals surface area contributed by atoms with Gasteiger partial charge in [0.15, 0.2) is 0 Å². The number of hydrogen-bond acceptors (Lipinski definition) is 2. The normalized spacial score (nSPS) is 16.2. The molecule has 0 bridgehead atoms. The summed E-state index contributed by atoms with van der Waals surface area (Å²) in [6.07, 6.45) is 0. The van der Waals surface area contributed by atoms with Crippen molar-refractivity contribution in [3.8, 4) is 0 Å². The Morgan fingerprint density at radius 2 is 1.89 bits per heavy atom. The van der Waals surface area contributed by atoms with Gasteiger partial charge in [0.1, 0.15) is 0 Å². The first-order valence-corrected chi connectivity index (χ1v) is 4.15. The van der Waals surface area contributed by atoms with Crippen LogP contribution >= 0.6 is 16.1 Å². The zero-order valence-electron chi connectivity index (χ0n) is 5.55. The largest absolute Gasteiger partial charge is 0.759 e. The molecule has 1 atom stereocenters. The molecule has 0 aliphatic carbocycles. The molecule has 3 nitrogen and oxygen atoms in total. The van der Waals surface area contributed by atoms with Crippen molar-refractivity contribution in [2.24, 2.45) is 0 Å². The maximum atomic E-state index is 10.2. The lowest BCUT2D eigenvalue weighted by molar-refractivity contribution is 0.373. The molecule has 0 aliphatic rings. The summed E-state index contributed by atoms with van der Waals surface area (Å²) >= 11 is 0.704. The van der Waals surface area contributed by atoms with Gasteiger partial charge in [-0.05, 0) is 20.8 Å². The number of nitrogens with zero attached hydrogens (tertiary/aromatic N) is 1. The van der Waals surface area contributed by atoms with E-state index in [1.54, 1.807) is 20.8 Å². The van der Waals surface area contributed by atoms with Crippen molar-refractivity contribution in [2.75, 3.05) is 0 Å². The molecule has 0 rings (SSSR count). The Morgan fingerprint density at radius 3 is 1.89 bits per heavy atom. The van der Waals surface area contributed by atoms with Crippen molar-refractivity contribution >= 4 is 27.4 Å². The summed E-state index contributed by atoms with van der Waals surface area (Å²) in [5, 5.41) is 0. The van der Waals surface area contributed by atoms with Crippen LogP contribution in [0, 0.1) is 0 Å². The summed E-state index contributed by atoms with van der Waals surface area (Å²) in [5.41, 5.74) is -0.382. The third-order valence-corrected chi connectivity index (χ3v) is 3.24. The van der Waals surface area contributed by atoms with Crippen LogP contribution in [-0.2, 0) is 11.3 Å². The van der Waals surface area contributed by atoms with E-state index in [2.05, 4.69) is 16.1 Å². The van der Waals surface area contributed by atoms with Crippen molar-refractivity contribution in [1.29, 1.82) is 0 Å². The van der Waals surface area contributed by atoms with Crippen LogP contribution in [0.3, 0.4) is 0 Å². The maximum Gasteiger partial charge on any atom is 0.0357 e. The molecule has 0 saturated carbocycles. The van der Waals surface area contributed by atoms with Crippen LogP contribution in [-0.4, -0.2) is 17.6 Å². The van der Waals surface area contributed by atoms with Gasteiger partial charge in [-0.3, -0.25) is 4.21 Å². The molecule has 56 valence electrons. The summed E-state index contributed by atoms with van der Waals surface area (Å²) < 4.78 is 21.5. The predicted molar refractivity (Wildman–Crippen MR) is 39.4 cm³/mol. The molecule has 0 aromatic rings. The number of halogens is 1. The molecule has 0 spiro atoms. The molecular weight excluding hydrogens is 206 g/mol. The van der Waals surface area contributed by atoms with Crippen molar-refractivity contribution in [2.45, 2.75) is 26.3 Å². The Bertz CT molecular complexity index is 122. The Labute approximate surface area is 66.2 Å². The second-order valence-electron chi connectivity index (χ2n) is 2.63. The fraction of sp³-hybridized carbons (Fsp3) is 1.00.